The van der Waals surface area contributed by atoms with Crippen LogP contribution >= 0.6 is 0 Å². The maximum atomic E-state index is 13.7. The predicted molar refractivity (Wildman–Crippen MR) is 127 cm³/mol. The lowest BCUT2D eigenvalue weighted by Gasteiger charge is -2.38. The molecule has 0 N–H and O–H groups in total. The van der Waals surface area contributed by atoms with Crippen molar-refractivity contribution in [2.24, 2.45) is 0 Å². The Balaban J connectivity index is 1.82. The second-order valence-electron chi connectivity index (χ2n) is 9.59. The van der Waals surface area contributed by atoms with Crippen molar-refractivity contribution in [3.8, 4) is 5.75 Å². The van der Waals surface area contributed by atoms with Crippen LogP contribution in [0.25, 0.3) is 0 Å². The SMILES string of the molecule is COc1ccc(CN(CC(=O)N(Cc2cccc(F)c2)C(C)(C)C)C2CCS(=O)(=O)C2)cc1. The number of hydrogen-bond acceptors (Lipinski definition) is 5. The van der Waals surface area contributed by atoms with Crippen molar-refractivity contribution in [3.05, 3.63) is 65.5 Å². The summed E-state index contributed by atoms with van der Waals surface area (Å²) in [6, 6.07) is 13.6. The zero-order valence-electron chi connectivity index (χ0n) is 19.8. The quantitative estimate of drug-likeness (QED) is 0.582. The molecule has 2 aromatic rings. The number of benzene rings is 2. The van der Waals surface area contributed by atoms with Gasteiger partial charge in [0.2, 0.25) is 5.91 Å². The summed E-state index contributed by atoms with van der Waals surface area (Å²) in [6.45, 7) is 6.64. The van der Waals surface area contributed by atoms with Crippen molar-refractivity contribution < 1.29 is 22.3 Å². The molecule has 1 atom stereocenters. The number of carbonyl (C=O) groups is 1. The Kier molecular flexibility index (Phi) is 7.80. The molecule has 0 aliphatic carbocycles. The highest BCUT2D eigenvalue weighted by Crippen LogP contribution is 2.24. The van der Waals surface area contributed by atoms with E-state index in [0.717, 1.165) is 11.3 Å². The summed E-state index contributed by atoms with van der Waals surface area (Å²) in [7, 11) is -1.51. The second-order valence-corrected chi connectivity index (χ2v) is 11.8. The lowest BCUT2D eigenvalue weighted by Crippen LogP contribution is -2.50. The van der Waals surface area contributed by atoms with Gasteiger partial charge in [0.05, 0.1) is 25.2 Å². The summed E-state index contributed by atoms with van der Waals surface area (Å²) >= 11 is 0. The van der Waals surface area contributed by atoms with Crippen molar-refractivity contribution in [3.63, 3.8) is 0 Å². The highest BCUT2D eigenvalue weighted by atomic mass is 32.2. The summed E-state index contributed by atoms with van der Waals surface area (Å²) in [4.78, 5) is 17.2. The van der Waals surface area contributed by atoms with Crippen LogP contribution in [0.15, 0.2) is 48.5 Å². The number of hydrogen-bond donors (Lipinski definition) is 0. The predicted octanol–water partition coefficient (Wildman–Crippen LogP) is 3.65. The fourth-order valence-corrected chi connectivity index (χ4v) is 5.88. The molecule has 1 unspecified atom stereocenters. The molecule has 0 saturated carbocycles. The van der Waals surface area contributed by atoms with Crippen molar-refractivity contribution in [2.75, 3.05) is 25.2 Å². The fourth-order valence-electron chi connectivity index (χ4n) is 4.12. The molecule has 180 valence electrons. The molecule has 0 spiro atoms. The Morgan fingerprint density at radius 2 is 1.79 bits per heavy atom. The third kappa shape index (κ3) is 7.01. The highest BCUT2D eigenvalue weighted by molar-refractivity contribution is 7.91. The monoisotopic (exact) mass is 476 g/mol. The molecular formula is C25H33FN2O4S. The number of sulfone groups is 1. The summed E-state index contributed by atoms with van der Waals surface area (Å²) < 4.78 is 43.3. The first-order valence-corrected chi connectivity index (χ1v) is 12.9. The van der Waals surface area contributed by atoms with E-state index in [4.69, 9.17) is 4.74 Å². The molecule has 1 aliphatic rings. The average Bonchev–Trinajstić information content (AvgIpc) is 3.11. The van der Waals surface area contributed by atoms with Gasteiger partial charge >= 0.3 is 0 Å². The van der Waals surface area contributed by atoms with Gasteiger partial charge < -0.3 is 9.64 Å². The van der Waals surface area contributed by atoms with Crippen LogP contribution in [0.5, 0.6) is 5.75 Å². The zero-order valence-corrected chi connectivity index (χ0v) is 20.6. The Hall–Kier alpha value is -2.45. The van der Waals surface area contributed by atoms with Gasteiger partial charge in [-0.1, -0.05) is 24.3 Å². The minimum absolute atomic E-state index is 0.0514. The molecule has 6 nitrogen and oxygen atoms in total. The van der Waals surface area contributed by atoms with E-state index in [0.29, 0.717) is 18.5 Å². The van der Waals surface area contributed by atoms with Gasteiger partial charge in [-0.25, -0.2) is 12.8 Å². The van der Waals surface area contributed by atoms with Gasteiger partial charge in [0.15, 0.2) is 9.84 Å². The number of rotatable bonds is 8. The maximum absolute atomic E-state index is 13.7. The molecule has 0 radical (unpaired) electrons. The largest absolute Gasteiger partial charge is 0.497 e. The number of halogens is 1. The van der Waals surface area contributed by atoms with Crippen LogP contribution in [0.2, 0.25) is 0 Å². The second kappa shape index (κ2) is 10.2. The van der Waals surface area contributed by atoms with Gasteiger partial charge in [0, 0.05) is 24.7 Å². The molecule has 1 aliphatic heterocycles. The minimum Gasteiger partial charge on any atom is -0.497 e. The van der Waals surface area contributed by atoms with Crippen LogP contribution < -0.4 is 4.74 Å². The van der Waals surface area contributed by atoms with E-state index in [1.54, 1.807) is 24.1 Å². The van der Waals surface area contributed by atoms with Crippen LogP contribution in [0.4, 0.5) is 4.39 Å². The third-order valence-electron chi connectivity index (χ3n) is 5.95. The number of nitrogens with zero attached hydrogens (tertiary/aromatic N) is 2. The van der Waals surface area contributed by atoms with Gasteiger partial charge in [-0.15, -0.1) is 0 Å². The van der Waals surface area contributed by atoms with E-state index >= 15 is 0 Å². The first-order valence-electron chi connectivity index (χ1n) is 11.1. The molecule has 2 aromatic carbocycles. The van der Waals surface area contributed by atoms with Crippen LogP contribution in [0.1, 0.15) is 38.3 Å². The Morgan fingerprint density at radius 3 is 2.33 bits per heavy atom. The topological polar surface area (TPSA) is 66.9 Å². The van der Waals surface area contributed by atoms with Crippen LogP contribution in [-0.2, 0) is 27.7 Å². The van der Waals surface area contributed by atoms with E-state index in [9.17, 15) is 17.6 Å². The number of ether oxygens (including phenoxy) is 1. The van der Waals surface area contributed by atoms with Crippen LogP contribution in [0, 0.1) is 5.82 Å². The van der Waals surface area contributed by atoms with E-state index < -0.39 is 15.4 Å². The summed E-state index contributed by atoms with van der Waals surface area (Å²) in [5, 5.41) is 0. The summed E-state index contributed by atoms with van der Waals surface area (Å²) in [5.41, 5.74) is 1.19. The Morgan fingerprint density at radius 1 is 1.09 bits per heavy atom. The maximum Gasteiger partial charge on any atom is 0.237 e. The standard InChI is InChI=1S/C25H33FN2O4S/c1-25(2,3)28(16-20-6-5-7-21(26)14-20)24(29)17-27(22-12-13-33(30,31)18-22)15-19-8-10-23(32-4)11-9-19/h5-11,14,22H,12-13,15-18H2,1-4H3. The van der Waals surface area contributed by atoms with Gasteiger partial charge in [-0.2, -0.15) is 0 Å². The molecule has 1 saturated heterocycles. The molecule has 3 rings (SSSR count). The molecule has 0 bridgehead atoms. The molecule has 1 amide bonds. The number of amides is 1. The van der Waals surface area contributed by atoms with Crippen LogP contribution in [-0.4, -0.2) is 60.9 Å². The van der Waals surface area contributed by atoms with E-state index in [-0.39, 0.29) is 42.4 Å². The van der Waals surface area contributed by atoms with E-state index in [1.807, 2.05) is 49.9 Å². The molecule has 0 aromatic heterocycles. The number of methoxy groups -OCH3 is 1. The van der Waals surface area contributed by atoms with Gasteiger partial charge in [0.1, 0.15) is 11.6 Å². The van der Waals surface area contributed by atoms with Crippen molar-refractivity contribution >= 4 is 15.7 Å². The summed E-state index contributed by atoms with van der Waals surface area (Å²) in [6.07, 6.45) is 0.505. The minimum atomic E-state index is -3.11. The smallest absolute Gasteiger partial charge is 0.237 e. The first-order chi connectivity index (χ1) is 15.5. The molecule has 33 heavy (non-hydrogen) atoms. The van der Waals surface area contributed by atoms with Gasteiger partial charge in [-0.05, 0) is 62.6 Å². The fraction of sp³-hybridized carbons (Fsp3) is 0.480. The molecular weight excluding hydrogens is 443 g/mol. The third-order valence-corrected chi connectivity index (χ3v) is 7.70. The van der Waals surface area contributed by atoms with Gasteiger partial charge in [-0.3, -0.25) is 9.69 Å². The summed E-state index contributed by atoms with van der Waals surface area (Å²) in [5.74, 6) is 0.460. The normalized spacial score (nSPS) is 17.8. The van der Waals surface area contributed by atoms with Crippen molar-refractivity contribution in [2.45, 2.75) is 51.9 Å². The highest BCUT2D eigenvalue weighted by Gasteiger charge is 2.35. The van der Waals surface area contributed by atoms with Gasteiger partial charge in [0.25, 0.3) is 0 Å². The zero-order chi connectivity index (χ0) is 24.2. The molecule has 1 heterocycles. The van der Waals surface area contributed by atoms with Crippen LogP contribution in [0.3, 0.4) is 0 Å². The Bertz CT molecular complexity index is 1060. The first kappa shape index (κ1) is 25.2. The van der Waals surface area contributed by atoms with E-state index in [2.05, 4.69) is 0 Å². The number of carbonyl (C=O) groups excluding carboxylic acids is 1. The molecule has 8 heteroatoms. The van der Waals surface area contributed by atoms with Crippen molar-refractivity contribution in [1.82, 2.24) is 9.80 Å². The van der Waals surface area contributed by atoms with E-state index in [1.165, 1.54) is 12.1 Å². The van der Waals surface area contributed by atoms with Crippen molar-refractivity contribution in [1.29, 1.82) is 0 Å². The average molecular weight is 477 g/mol. The lowest BCUT2D eigenvalue weighted by molar-refractivity contribution is -0.138. The lowest BCUT2D eigenvalue weighted by atomic mass is 10.0. The Labute approximate surface area is 196 Å². The molecule has 1 fully saturated rings.